The van der Waals surface area contributed by atoms with Crippen LogP contribution in [-0.2, 0) is 0 Å². The summed E-state index contributed by atoms with van der Waals surface area (Å²) in [4.78, 5) is 21.3. The predicted octanol–water partition coefficient (Wildman–Crippen LogP) is 4.39. The SMILES string of the molecule is O=C(O)c1cccc(Oc2ccc(Cl)cc2Cl)c1[N+](=O)[O-]. The van der Waals surface area contributed by atoms with Crippen LogP contribution in [0.2, 0.25) is 10.0 Å². The molecule has 0 radical (unpaired) electrons. The molecule has 0 aliphatic carbocycles. The van der Waals surface area contributed by atoms with Crippen LogP contribution in [0.1, 0.15) is 10.4 Å². The number of ether oxygens (including phenoxy) is 1. The van der Waals surface area contributed by atoms with Crippen molar-refractivity contribution in [3.63, 3.8) is 0 Å². The van der Waals surface area contributed by atoms with E-state index in [0.29, 0.717) is 5.02 Å². The average Bonchev–Trinajstić information content (AvgIpc) is 2.41. The normalized spacial score (nSPS) is 10.2. The van der Waals surface area contributed by atoms with Gasteiger partial charge in [-0.3, -0.25) is 10.1 Å². The number of carbonyl (C=O) groups is 1. The molecule has 0 aliphatic rings. The third-order valence-corrected chi connectivity index (χ3v) is 3.06. The second-order valence-corrected chi connectivity index (χ2v) is 4.74. The summed E-state index contributed by atoms with van der Waals surface area (Å²) in [6.45, 7) is 0. The molecule has 0 unspecified atom stereocenters. The van der Waals surface area contributed by atoms with E-state index in [9.17, 15) is 14.9 Å². The Balaban J connectivity index is 2.51. The number of nitro groups is 1. The number of nitrogens with zero attached hydrogens (tertiary/aromatic N) is 1. The van der Waals surface area contributed by atoms with Crippen LogP contribution < -0.4 is 4.74 Å². The highest BCUT2D eigenvalue weighted by Crippen LogP contribution is 2.37. The lowest BCUT2D eigenvalue weighted by molar-refractivity contribution is -0.386. The van der Waals surface area contributed by atoms with Crippen molar-refractivity contribution < 1.29 is 19.6 Å². The van der Waals surface area contributed by atoms with Crippen molar-refractivity contribution in [3.8, 4) is 11.5 Å². The van der Waals surface area contributed by atoms with Crippen LogP contribution in [0.5, 0.6) is 11.5 Å². The van der Waals surface area contributed by atoms with Crippen molar-refractivity contribution >= 4 is 34.9 Å². The van der Waals surface area contributed by atoms with E-state index in [-0.39, 0.29) is 16.5 Å². The van der Waals surface area contributed by atoms with E-state index >= 15 is 0 Å². The third kappa shape index (κ3) is 3.24. The first-order valence-electron chi connectivity index (χ1n) is 5.53. The van der Waals surface area contributed by atoms with Crippen LogP contribution in [-0.4, -0.2) is 16.0 Å². The Hall–Kier alpha value is -2.31. The van der Waals surface area contributed by atoms with E-state index in [1.54, 1.807) is 0 Å². The van der Waals surface area contributed by atoms with Crippen molar-refractivity contribution in [1.82, 2.24) is 0 Å². The first-order valence-corrected chi connectivity index (χ1v) is 6.29. The van der Waals surface area contributed by atoms with Gasteiger partial charge < -0.3 is 9.84 Å². The number of aromatic carboxylic acids is 1. The molecule has 0 aliphatic heterocycles. The molecule has 6 nitrogen and oxygen atoms in total. The minimum atomic E-state index is -1.42. The van der Waals surface area contributed by atoms with Gasteiger partial charge >= 0.3 is 11.7 Å². The molecule has 0 heterocycles. The number of nitro benzene ring substituents is 1. The van der Waals surface area contributed by atoms with E-state index in [0.717, 1.165) is 6.07 Å². The second kappa shape index (κ2) is 5.99. The van der Waals surface area contributed by atoms with Crippen LogP contribution in [0.25, 0.3) is 0 Å². The molecular weight excluding hydrogens is 321 g/mol. The molecule has 0 aromatic heterocycles. The zero-order valence-corrected chi connectivity index (χ0v) is 11.8. The van der Waals surface area contributed by atoms with Gasteiger partial charge in [0.2, 0.25) is 5.75 Å². The van der Waals surface area contributed by atoms with Crippen molar-refractivity contribution in [2.24, 2.45) is 0 Å². The third-order valence-electron chi connectivity index (χ3n) is 2.53. The smallest absolute Gasteiger partial charge is 0.342 e. The summed E-state index contributed by atoms with van der Waals surface area (Å²) < 4.78 is 5.35. The molecule has 0 spiro atoms. The molecule has 21 heavy (non-hydrogen) atoms. The van der Waals surface area contributed by atoms with E-state index in [2.05, 4.69) is 0 Å². The van der Waals surface area contributed by atoms with Gasteiger partial charge in [0.05, 0.1) is 9.95 Å². The molecule has 108 valence electrons. The lowest BCUT2D eigenvalue weighted by Gasteiger charge is -2.09. The van der Waals surface area contributed by atoms with Crippen molar-refractivity contribution in [3.05, 3.63) is 62.1 Å². The predicted molar refractivity (Wildman–Crippen MR) is 76.6 cm³/mol. The minimum Gasteiger partial charge on any atom is -0.477 e. The summed E-state index contributed by atoms with van der Waals surface area (Å²) >= 11 is 11.7. The number of carboxylic acids is 1. The van der Waals surface area contributed by atoms with Crippen molar-refractivity contribution in [2.75, 3.05) is 0 Å². The molecule has 0 saturated heterocycles. The summed E-state index contributed by atoms with van der Waals surface area (Å²) in [6, 6.07) is 8.09. The van der Waals surface area contributed by atoms with Gasteiger partial charge in [-0.25, -0.2) is 4.79 Å². The summed E-state index contributed by atoms with van der Waals surface area (Å²) in [5, 5.41) is 20.6. The van der Waals surface area contributed by atoms with E-state index < -0.39 is 22.1 Å². The zero-order chi connectivity index (χ0) is 15.6. The quantitative estimate of drug-likeness (QED) is 0.664. The van der Waals surface area contributed by atoms with Gasteiger partial charge in [0, 0.05) is 5.02 Å². The van der Waals surface area contributed by atoms with Gasteiger partial charge in [0.15, 0.2) is 0 Å². The highest BCUT2D eigenvalue weighted by Gasteiger charge is 2.26. The summed E-state index contributed by atoms with van der Waals surface area (Å²) in [7, 11) is 0. The molecule has 2 aromatic rings. The molecule has 0 amide bonds. The topological polar surface area (TPSA) is 89.7 Å². The summed E-state index contributed by atoms with van der Waals surface area (Å²) in [6.07, 6.45) is 0. The molecule has 0 atom stereocenters. The van der Waals surface area contributed by atoms with E-state index in [1.165, 1.54) is 30.3 Å². The maximum absolute atomic E-state index is 11.1. The Morgan fingerprint density at radius 1 is 1.19 bits per heavy atom. The molecule has 1 N–H and O–H groups in total. The van der Waals surface area contributed by atoms with Crippen molar-refractivity contribution in [1.29, 1.82) is 0 Å². The van der Waals surface area contributed by atoms with Crippen LogP contribution in [0.3, 0.4) is 0 Å². The van der Waals surface area contributed by atoms with Crippen molar-refractivity contribution in [2.45, 2.75) is 0 Å². The van der Waals surface area contributed by atoms with E-state index in [1.807, 2.05) is 0 Å². The summed E-state index contributed by atoms with van der Waals surface area (Å²) in [5.41, 5.74) is -1.11. The Morgan fingerprint density at radius 2 is 1.90 bits per heavy atom. The Kier molecular flexibility index (Phi) is 4.30. The first kappa shape index (κ1) is 15.1. The minimum absolute atomic E-state index is 0.131. The second-order valence-electron chi connectivity index (χ2n) is 3.89. The molecular formula is C13H7Cl2NO5. The number of para-hydroxylation sites is 1. The number of rotatable bonds is 4. The molecule has 8 heteroatoms. The fourth-order valence-electron chi connectivity index (χ4n) is 1.64. The fraction of sp³-hybridized carbons (Fsp3) is 0. The van der Waals surface area contributed by atoms with Gasteiger partial charge in [-0.05, 0) is 30.3 Å². The molecule has 0 saturated carbocycles. The summed E-state index contributed by atoms with van der Waals surface area (Å²) in [5.74, 6) is -1.51. The maximum atomic E-state index is 11.1. The molecule has 2 rings (SSSR count). The van der Waals surface area contributed by atoms with Gasteiger partial charge in [-0.15, -0.1) is 0 Å². The monoisotopic (exact) mass is 327 g/mol. The highest BCUT2D eigenvalue weighted by atomic mass is 35.5. The van der Waals surface area contributed by atoms with Gasteiger partial charge in [-0.1, -0.05) is 29.3 Å². The molecule has 2 aromatic carbocycles. The van der Waals surface area contributed by atoms with Crippen LogP contribution in [0.15, 0.2) is 36.4 Å². The van der Waals surface area contributed by atoms with Gasteiger partial charge in [-0.2, -0.15) is 0 Å². The van der Waals surface area contributed by atoms with E-state index in [4.69, 9.17) is 33.0 Å². The Labute approximate surface area is 128 Å². The lowest BCUT2D eigenvalue weighted by atomic mass is 10.1. The highest BCUT2D eigenvalue weighted by molar-refractivity contribution is 6.35. The van der Waals surface area contributed by atoms with Gasteiger partial charge in [0.1, 0.15) is 11.3 Å². The van der Waals surface area contributed by atoms with Crippen LogP contribution in [0.4, 0.5) is 5.69 Å². The number of hydrogen-bond donors (Lipinski definition) is 1. The zero-order valence-electron chi connectivity index (χ0n) is 10.2. The lowest BCUT2D eigenvalue weighted by Crippen LogP contribution is -2.04. The fourth-order valence-corrected chi connectivity index (χ4v) is 2.09. The maximum Gasteiger partial charge on any atom is 0.342 e. The molecule has 0 fully saturated rings. The first-order chi connectivity index (χ1) is 9.90. The van der Waals surface area contributed by atoms with Gasteiger partial charge in [0.25, 0.3) is 0 Å². The standard InChI is InChI=1S/C13H7Cl2NO5/c14-7-4-5-10(9(15)6-7)21-11-3-1-2-8(13(17)18)12(11)16(19)20/h1-6H,(H,17,18). The Bertz CT molecular complexity index is 732. The Morgan fingerprint density at radius 3 is 2.48 bits per heavy atom. The number of hydrogen-bond acceptors (Lipinski definition) is 4. The van der Waals surface area contributed by atoms with Crippen LogP contribution in [0, 0.1) is 10.1 Å². The number of carboxylic acid groups (broad SMARTS) is 1. The number of halogens is 2. The number of benzene rings is 2. The average molecular weight is 328 g/mol. The largest absolute Gasteiger partial charge is 0.477 e. The molecule has 0 bridgehead atoms. The van der Waals surface area contributed by atoms with Crippen LogP contribution >= 0.6 is 23.2 Å².